The van der Waals surface area contributed by atoms with Gasteiger partial charge >= 0.3 is 0 Å². The first kappa shape index (κ1) is 18.9. The standard InChI is InChI=1S/C18H30O2/c1-15(2)7-5-8-16(3)9-6-10-18(13-14-19)12-11-17(4)20/h7,9,13,19H,5-6,8,10-12,14H2,1-4H3/b16-9+,18-13+. The molecular formula is C18H30O2. The van der Waals surface area contributed by atoms with Gasteiger partial charge in [0, 0.05) is 6.42 Å². The number of carbonyl (C=O) groups excluding carboxylic acids is 1. The molecule has 0 aliphatic rings. The summed E-state index contributed by atoms with van der Waals surface area (Å²) in [5.41, 5.74) is 3.98. The number of hydrogen-bond acceptors (Lipinski definition) is 2. The number of aliphatic hydroxyl groups is 1. The van der Waals surface area contributed by atoms with E-state index in [4.69, 9.17) is 5.11 Å². The van der Waals surface area contributed by atoms with Crippen molar-refractivity contribution in [3.05, 3.63) is 34.9 Å². The Labute approximate surface area is 124 Å². The molecule has 0 heterocycles. The van der Waals surface area contributed by atoms with E-state index in [9.17, 15) is 4.79 Å². The average Bonchev–Trinajstić information content (AvgIpc) is 2.35. The van der Waals surface area contributed by atoms with Gasteiger partial charge in [0.1, 0.15) is 5.78 Å². The van der Waals surface area contributed by atoms with Crippen molar-refractivity contribution in [3.63, 3.8) is 0 Å². The van der Waals surface area contributed by atoms with Gasteiger partial charge in [-0.05, 0) is 59.8 Å². The molecule has 2 heteroatoms. The molecule has 0 aromatic heterocycles. The van der Waals surface area contributed by atoms with Crippen molar-refractivity contribution in [1.29, 1.82) is 0 Å². The van der Waals surface area contributed by atoms with Gasteiger partial charge < -0.3 is 9.90 Å². The molecule has 0 aromatic rings. The largest absolute Gasteiger partial charge is 0.392 e. The molecule has 0 aliphatic carbocycles. The van der Waals surface area contributed by atoms with E-state index in [1.807, 2.05) is 6.08 Å². The molecule has 0 aliphatic heterocycles. The molecule has 0 saturated heterocycles. The fourth-order valence-corrected chi connectivity index (χ4v) is 1.99. The molecule has 0 bridgehead atoms. The summed E-state index contributed by atoms with van der Waals surface area (Å²) in [5.74, 6) is 0.210. The van der Waals surface area contributed by atoms with Crippen LogP contribution in [0.15, 0.2) is 34.9 Å². The second kappa shape index (κ2) is 11.7. The fourth-order valence-electron chi connectivity index (χ4n) is 1.99. The maximum atomic E-state index is 11.0. The van der Waals surface area contributed by atoms with Crippen LogP contribution in [0.1, 0.15) is 66.2 Å². The van der Waals surface area contributed by atoms with Gasteiger partial charge in [-0.3, -0.25) is 0 Å². The third-order valence-corrected chi connectivity index (χ3v) is 3.23. The predicted octanol–water partition coefficient (Wildman–Crippen LogP) is 4.75. The van der Waals surface area contributed by atoms with Crippen molar-refractivity contribution in [2.45, 2.75) is 66.2 Å². The summed E-state index contributed by atoms with van der Waals surface area (Å²) >= 11 is 0. The van der Waals surface area contributed by atoms with Crippen molar-refractivity contribution in [2.75, 3.05) is 6.61 Å². The number of allylic oxidation sites excluding steroid dienone is 5. The van der Waals surface area contributed by atoms with Gasteiger partial charge in [0.15, 0.2) is 0 Å². The summed E-state index contributed by atoms with van der Waals surface area (Å²) in [6.45, 7) is 8.10. The van der Waals surface area contributed by atoms with E-state index in [0.717, 1.165) is 32.1 Å². The topological polar surface area (TPSA) is 37.3 Å². The van der Waals surface area contributed by atoms with Gasteiger partial charge in [-0.25, -0.2) is 0 Å². The summed E-state index contributed by atoms with van der Waals surface area (Å²) in [6, 6.07) is 0. The number of ketones is 1. The van der Waals surface area contributed by atoms with Crippen LogP contribution in [-0.2, 0) is 4.79 Å². The molecule has 1 N–H and O–H groups in total. The van der Waals surface area contributed by atoms with E-state index in [2.05, 4.69) is 32.9 Å². The average molecular weight is 278 g/mol. The summed E-state index contributed by atoms with van der Waals surface area (Å²) in [7, 11) is 0. The Hall–Kier alpha value is -1.15. The number of aliphatic hydroxyl groups excluding tert-OH is 1. The highest BCUT2D eigenvalue weighted by molar-refractivity contribution is 5.75. The van der Waals surface area contributed by atoms with E-state index in [1.54, 1.807) is 6.92 Å². The van der Waals surface area contributed by atoms with Crippen LogP contribution >= 0.6 is 0 Å². The molecule has 0 rings (SSSR count). The minimum Gasteiger partial charge on any atom is -0.392 e. The summed E-state index contributed by atoms with van der Waals surface area (Å²) < 4.78 is 0. The zero-order chi connectivity index (χ0) is 15.4. The number of Topliss-reactive ketones (excluding diaryl/α,β-unsaturated/α-hetero) is 1. The van der Waals surface area contributed by atoms with Crippen molar-refractivity contribution < 1.29 is 9.90 Å². The summed E-state index contributed by atoms with van der Waals surface area (Å²) in [6.07, 6.45) is 11.9. The lowest BCUT2D eigenvalue weighted by Crippen LogP contribution is -1.94. The quantitative estimate of drug-likeness (QED) is 0.586. The molecule has 0 amide bonds. The number of carbonyl (C=O) groups is 1. The molecule has 2 nitrogen and oxygen atoms in total. The second-order valence-electron chi connectivity index (χ2n) is 5.66. The highest BCUT2D eigenvalue weighted by Gasteiger charge is 2.00. The van der Waals surface area contributed by atoms with Gasteiger partial charge in [0.05, 0.1) is 6.61 Å². The maximum Gasteiger partial charge on any atom is 0.130 e. The van der Waals surface area contributed by atoms with Crippen LogP contribution in [0.5, 0.6) is 0 Å². The lowest BCUT2D eigenvalue weighted by molar-refractivity contribution is -0.116. The molecule has 0 saturated carbocycles. The van der Waals surface area contributed by atoms with Crippen molar-refractivity contribution in [2.24, 2.45) is 0 Å². The first-order chi connectivity index (χ1) is 9.45. The molecule has 0 fully saturated rings. The van der Waals surface area contributed by atoms with E-state index in [0.29, 0.717) is 6.42 Å². The van der Waals surface area contributed by atoms with Crippen LogP contribution in [0.2, 0.25) is 0 Å². The minimum atomic E-state index is 0.0660. The third kappa shape index (κ3) is 11.9. The smallest absolute Gasteiger partial charge is 0.130 e. The number of rotatable bonds is 10. The maximum absolute atomic E-state index is 11.0. The SMILES string of the molecule is CC(=O)CC/C(=C/CO)CC/C=C(\C)CCC=C(C)C. The van der Waals surface area contributed by atoms with Gasteiger partial charge in [0.2, 0.25) is 0 Å². The Kier molecular flexibility index (Phi) is 11.0. The van der Waals surface area contributed by atoms with Crippen molar-refractivity contribution in [1.82, 2.24) is 0 Å². The molecule has 0 aromatic carbocycles. The van der Waals surface area contributed by atoms with Crippen LogP contribution in [0.25, 0.3) is 0 Å². The molecule has 0 spiro atoms. The van der Waals surface area contributed by atoms with Crippen molar-refractivity contribution in [3.8, 4) is 0 Å². The van der Waals surface area contributed by atoms with Crippen LogP contribution < -0.4 is 0 Å². The lowest BCUT2D eigenvalue weighted by atomic mass is 10.0. The minimum absolute atomic E-state index is 0.0660. The monoisotopic (exact) mass is 278 g/mol. The lowest BCUT2D eigenvalue weighted by Gasteiger charge is -2.05. The zero-order valence-electron chi connectivity index (χ0n) is 13.5. The summed E-state index contributed by atoms with van der Waals surface area (Å²) in [5, 5.41) is 9.00. The Morgan fingerprint density at radius 1 is 0.850 bits per heavy atom. The molecule has 114 valence electrons. The Morgan fingerprint density at radius 2 is 1.50 bits per heavy atom. The Morgan fingerprint density at radius 3 is 2.05 bits per heavy atom. The molecule has 0 atom stereocenters. The van der Waals surface area contributed by atoms with E-state index in [-0.39, 0.29) is 12.4 Å². The van der Waals surface area contributed by atoms with Crippen LogP contribution in [0, 0.1) is 0 Å². The molecular weight excluding hydrogens is 248 g/mol. The van der Waals surface area contributed by atoms with Crippen LogP contribution in [0.3, 0.4) is 0 Å². The number of hydrogen-bond donors (Lipinski definition) is 1. The van der Waals surface area contributed by atoms with Gasteiger partial charge in [0.25, 0.3) is 0 Å². The van der Waals surface area contributed by atoms with Crippen molar-refractivity contribution >= 4 is 5.78 Å². The highest BCUT2D eigenvalue weighted by atomic mass is 16.2. The Balaban J connectivity index is 4.11. The van der Waals surface area contributed by atoms with E-state index >= 15 is 0 Å². The Bertz CT molecular complexity index is 369. The van der Waals surface area contributed by atoms with Gasteiger partial charge in [-0.2, -0.15) is 0 Å². The summed E-state index contributed by atoms with van der Waals surface area (Å²) in [4.78, 5) is 11.0. The van der Waals surface area contributed by atoms with Gasteiger partial charge in [-0.15, -0.1) is 0 Å². The fraction of sp³-hybridized carbons (Fsp3) is 0.611. The normalized spacial score (nSPS) is 12.4. The highest BCUT2D eigenvalue weighted by Crippen LogP contribution is 2.15. The second-order valence-corrected chi connectivity index (χ2v) is 5.66. The van der Waals surface area contributed by atoms with Crippen LogP contribution in [0.4, 0.5) is 0 Å². The zero-order valence-corrected chi connectivity index (χ0v) is 13.5. The molecule has 0 unspecified atom stereocenters. The van der Waals surface area contributed by atoms with E-state index < -0.39 is 0 Å². The third-order valence-electron chi connectivity index (χ3n) is 3.23. The predicted molar refractivity (Wildman–Crippen MR) is 86.7 cm³/mol. The molecule has 0 radical (unpaired) electrons. The molecule has 20 heavy (non-hydrogen) atoms. The van der Waals surface area contributed by atoms with E-state index in [1.165, 1.54) is 16.7 Å². The first-order valence-corrected chi connectivity index (χ1v) is 7.53. The van der Waals surface area contributed by atoms with Crippen LogP contribution in [-0.4, -0.2) is 17.5 Å². The van der Waals surface area contributed by atoms with Gasteiger partial charge in [-0.1, -0.05) is 34.9 Å². The first-order valence-electron chi connectivity index (χ1n) is 7.53.